The van der Waals surface area contributed by atoms with Crippen LogP contribution in [0.4, 0.5) is 0 Å². The zero-order valence-electron chi connectivity index (χ0n) is 15.3. The molecule has 8 heteroatoms. The van der Waals surface area contributed by atoms with E-state index >= 15 is 0 Å². The number of aliphatic imine (C=N–C) groups is 1. The van der Waals surface area contributed by atoms with Crippen LogP contribution in [0.3, 0.4) is 0 Å². The van der Waals surface area contributed by atoms with Gasteiger partial charge in [-0.15, -0.1) is 24.0 Å². The van der Waals surface area contributed by atoms with Crippen LogP contribution < -0.4 is 15.4 Å². The van der Waals surface area contributed by atoms with Crippen molar-refractivity contribution in [2.24, 2.45) is 4.99 Å². The monoisotopic (exact) mass is 482 g/mol. The topological polar surface area (TPSA) is 82.6 Å². The first-order valence-electron chi connectivity index (χ1n) is 8.44. The van der Waals surface area contributed by atoms with Gasteiger partial charge in [0, 0.05) is 20.1 Å². The van der Waals surface area contributed by atoms with Crippen LogP contribution in [0, 0.1) is 0 Å². The Hall–Kier alpha value is -0.870. The summed E-state index contributed by atoms with van der Waals surface area (Å²) in [4.78, 5) is 4.20. The van der Waals surface area contributed by atoms with Gasteiger partial charge in [-0.3, -0.25) is 4.99 Å². The third-order valence-corrected chi connectivity index (χ3v) is 5.03. The van der Waals surface area contributed by atoms with Crippen LogP contribution in [0.5, 0.6) is 0 Å². The molecule has 0 fully saturated rings. The lowest BCUT2D eigenvalue weighted by Gasteiger charge is -2.12. The van der Waals surface area contributed by atoms with E-state index < -0.39 is 10.0 Å². The Morgan fingerprint density at radius 1 is 1.04 bits per heavy atom. The van der Waals surface area contributed by atoms with E-state index in [0.717, 1.165) is 30.1 Å². The predicted molar refractivity (Wildman–Crippen MR) is 116 cm³/mol. The van der Waals surface area contributed by atoms with Gasteiger partial charge in [0.05, 0.1) is 5.75 Å². The summed E-state index contributed by atoms with van der Waals surface area (Å²) >= 11 is 0. The van der Waals surface area contributed by atoms with Crippen LogP contribution in [0.15, 0.2) is 29.3 Å². The van der Waals surface area contributed by atoms with Gasteiger partial charge in [-0.2, -0.15) is 0 Å². The minimum absolute atomic E-state index is 0. The number of halogens is 1. The summed E-state index contributed by atoms with van der Waals surface area (Å²) in [6.07, 6.45) is 4.88. The second-order valence-corrected chi connectivity index (χ2v) is 7.62. The van der Waals surface area contributed by atoms with Crippen molar-refractivity contribution in [3.05, 3.63) is 35.4 Å². The number of sulfonamides is 1. The highest BCUT2D eigenvalue weighted by atomic mass is 127. The van der Waals surface area contributed by atoms with E-state index in [0.29, 0.717) is 6.54 Å². The number of rotatable bonds is 10. The number of hydrogen-bond acceptors (Lipinski definition) is 3. The Labute approximate surface area is 169 Å². The molecule has 0 saturated heterocycles. The molecule has 0 aliphatic carbocycles. The van der Waals surface area contributed by atoms with Crippen molar-refractivity contribution in [1.82, 2.24) is 15.4 Å². The quantitative estimate of drug-likeness (QED) is 0.207. The fourth-order valence-electron chi connectivity index (χ4n) is 2.21. The second-order valence-electron chi connectivity index (χ2n) is 5.69. The van der Waals surface area contributed by atoms with Crippen molar-refractivity contribution < 1.29 is 8.42 Å². The molecule has 0 atom stereocenters. The van der Waals surface area contributed by atoms with Gasteiger partial charge in [-0.25, -0.2) is 13.1 Å². The van der Waals surface area contributed by atoms with Crippen molar-refractivity contribution in [3.63, 3.8) is 0 Å². The second kappa shape index (κ2) is 13.3. The van der Waals surface area contributed by atoms with E-state index in [1.807, 2.05) is 24.3 Å². The highest BCUT2D eigenvalue weighted by Gasteiger charge is 2.08. The van der Waals surface area contributed by atoms with Crippen LogP contribution >= 0.6 is 24.0 Å². The standard InChI is InChI=1S/C17H30N4O2S.HI/c1-4-5-6-7-12-20-17(18-2)21-13-15-8-10-16(11-9-15)14-24(22,23)19-3;/h8-11,19H,4-7,12-14H2,1-3H3,(H2,18,20,21);1H. The highest BCUT2D eigenvalue weighted by molar-refractivity contribution is 14.0. The Bertz CT molecular complexity index is 604. The molecule has 1 aromatic rings. The molecule has 1 rings (SSSR count). The van der Waals surface area contributed by atoms with Crippen LogP contribution in [0.1, 0.15) is 43.7 Å². The Morgan fingerprint density at radius 3 is 2.24 bits per heavy atom. The van der Waals surface area contributed by atoms with Crippen molar-refractivity contribution >= 4 is 40.0 Å². The lowest BCUT2D eigenvalue weighted by molar-refractivity contribution is 0.587. The molecule has 0 bridgehead atoms. The third-order valence-electron chi connectivity index (χ3n) is 3.70. The Morgan fingerprint density at radius 2 is 1.68 bits per heavy atom. The van der Waals surface area contributed by atoms with Gasteiger partial charge < -0.3 is 10.6 Å². The average molecular weight is 482 g/mol. The molecule has 6 nitrogen and oxygen atoms in total. The van der Waals surface area contributed by atoms with Gasteiger partial charge in [-0.1, -0.05) is 50.5 Å². The fourth-order valence-corrected chi connectivity index (χ4v) is 2.99. The maximum Gasteiger partial charge on any atom is 0.215 e. The zero-order chi connectivity index (χ0) is 17.8. The van der Waals surface area contributed by atoms with Gasteiger partial charge in [0.15, 0.2) is 5.96 Å². The van der Waals surface area contributed by atoms with E-state index in [9.17, 15) is 8.42 Å². The summed E-state index contributed by atoms with van der Waals surface area (Å²) in [5.41, 5.74) is 1.85. The number of unbranched alkanes of at least 4 members (excludes halogenated alkanes) is 3. The van der Waals surface area contributed by atoms with Crippen LogP contribution in [0.25, 0.3) is 0 Å². The maximum absolute atomic E-state index is 11.5. The van der Waals surface area contributed by atoms with Crippen molar-refractivity contribution in [3.8, 4) is 0 Å². The lowest BCUT2D eigenvalue weighted by atomic mass is 10.1. The van der Waals surface area contributed by atoms with Crippen LogP contribution in [-0.2, 0) is 22.3 Å². The largest absolute Gasteiger partial charge is 0.356 e. The van der Waals surface area contributed by atoms with E-state index in [-0.39, 0.29) is 29.7 Å². The van der Waals surface area contributed by atoms with Crippen molar-refractivity contribution in [2.45, 2.75) is 44.9 Å². The molecule has 0 spiro atoms. The molecule has 0 aromatic heterocycles. The maximum atomic E-state index is 11.5. The first-order valence-corrected chi connectivity index (χ1v) is 10.1. The molecule has 0 amide bonds. The van der Waals surface area contributed by atoms with Gasteiger partial charge >= 0.3 is 0 Å². The minimum atomic E-state index is -3.23. The molecular weight excluding hydrogens is 451 g/mol. The summed E-state index contributed by atoms with van der Waals surface area (Å²) in [5, 5.41) is 6.56. The van der Waals surface area contributed by atoms with Gasteiger partial charge in [0.25, 0.3) is 0 Å². The minimum Gasteiger partial charge on any atom is -0.356 e. The van der Waals surface area contributed by atoms with Gasteiger partial charge in [-0.05, 0) is 24.6 Å². The van der Waals surface area contributed by atoms with E-state index in [2.05, 4.69) is 27.3 Å². The summed E-state index contributed by atoms with van der Waals surface area (Å²) in [5.74, 6) is 0.784. The van der Waals surface area contributed by atoms with E-state index in [1.165, 1.54) is 26.3 Å². The predicted octanol–water partition coefficient (Wildman–Crippen LogP) is 2.60. The third kappa shape index (κ3) is 10.7. The molecule has 1 aromatic carbocycles. The normalized spacial score (nSPS) is 11.7. The van der Waals surface area contributed by atoms with Crippen molar-refractivity contribution in [1.29, 1.82) is 0 Å². The molecule has 3 N–H and O–H groups in total. The van der Waals surface area contributed by atoms with Gasteiger partial charge in [0.2, 0.25) is 10.0 Å². The number of hydrogen-bond donors (Lipinski definition) is 3. The number of guanidine groups is 1. The van der Waals surface area contributed by atoms with E-state index in [4.69, 9.17) is 0 Å². The van der Waals surface area contributed by atoms with E-state index in [1.54, 1.807) is 7.05 Å². The fraction of sp³-hybridized carbons (Fsp3) is 0.588. The molecular formula is C17H31IN4O2S. The summed E-state index contributed by atoms with van der Waals surface area (Å²) < 4.78 is 25.4. The number of nitrogens with zero attached hydrogens (tertiary/aromatic N) is 1. The highest BCUT2D eigenvalue weighted by Crippen LogP contribution is 2.07. The summed E-state index contributed by atoms with van der Waals surface area (Å²) in [6, 6.07) is 7.55. The molecule has 25 heavy (non-hydrogen) atoms. The smallest absolute Gasteiger partial charge is 0.215 e. The lowest BCUT2D eigenvalue weighted by Crippen LogP contribution is -2.37. The molecule has 144 valence electrons. The first-order chi connectivity index (χ1) is 11.5. The van der Waals surface area contributed by atoms with Crippen LogP contribution in [-0.4, -0.2) is 35.0 Å². The molecule has 0 unspecified atom stereocenters. The molecule has 0 radical (unpaired) electrons. The number of benzene rings is 1. The molecule has 0 saturated carbocycles. The number of nitrogens with one attached hydrogen (secondary N) is 3. The van der Waals surface area contributed by atoms with Crippen molar-refractivity contribution in [2.75, 3.05) is 20.6 Å². The molecule has 0 heterocycles. The van der Waals surface area contributed by atoms with Gasteiger partial charge in [0.1, 0.15) is 0 Å². The molecule has 0 aliphatic rings. The van der Waals surface area contributed by atoms with Crippen LogP contribution in [0.2, 0.25) is 0 Å². The summed E-state index contributed by atoms with van der Waals surface area (Å²) in [6.45, 7) is 3.77. The average Bonchev–Trinajstić information content (AvgIpc) is 2.58. The Kier molecular flexibility index (Phi) is 12.9. The Balaban J connectivity index is 0.00000576. The SMILES string of the molecule is CCCCCCNC(=NC)NCc1ccc(CS(=O)(=O)NC)cc1.I. The summed E-state index contributed by atoms with van der Waals surface area (Å²) in [7, 11) is -0.0448. The first kappa shape index (κ1) is 24.1. The zero-order valence-corrected chi connectivity index (χ0v) is 18.5. The molecule has 0 aliphatic heterocycles.